The number of aromatic nitrogens is 4. The molecule has 9 N–H and O–H groups in total. The number of anilines is 4. The smallest absolute Gasteiger partial charge is 0.351 e. The fourth-order valence-corrected chi connectivity index (χ4v) is 7.74. The van der Waals surface area contributed by atoms with Gasteiger partial charge in [0.2, 0.25) is 0 Å². The molecule has 25 heteroatoms. The Labute approximate surface area is 265 Å². The van der Waals surface area contributed by atoms with Crippen LogP contribution in [-0.2, 0) is 63.0 Å². The van der Waals surface area contributed by atoms with E-state index in [0.717, 1.165) is 0 Å². The number of nitrogens with one attached hydrogen (secondary N) is 1. The predicted molar refractivity (Wildman–Crippen MR) is 167 cm³/mol. The first kappa shape index (κ1) is 34.1. The van der Waals surface area contributed by atoms with Crippen LogP contribution in [0.5, 0.6) is 0 Å². The third-order valence-electron chi connectivity index (χ3n) is 6.75. The second-order valence-corrected chi connectivity index (χ2v) is 16.9. The van der Waals surface area contributed by atoms with Gasteiger partial charge in [0.25, 0.3) is 0 Å². The van der Waals surface area contributed by atoms with Crippen LogP contribution in [0.2, 0.25) is 0 Å². The lowest BCUT2D eigenvalue weighted by molar-refractivity contribution is -0.0439. The molecule has 8 atom stereocenters. The van der Waals surface area contributed by atoms with Crippen LogP contribution in [0.25, 0.3) is 0 Å². The number of rotatable bonds is 12. The standard InChI is InChI=1S/C19H29N8O11P3S3/c20-13-1-2-26(19(28)25-13)14-3-9(37-39(29)42)11(35-14)6-34-41(32,44)38-10-4-15(36-12(10)5-33-40(30,31)43)27-8-24-16-17(21)22-7-23-18(16)27/h1-2,7,9-12,14-15,24,39H,3-6,8H2,(H,29,42)(H,32,44)(H2,20,25,28)(H2,21,22,23)(H2,30,31,43)/t9?,10-,11-,12-,14-,15-,41?/m1/s1. The van der Waals surface area contributed by atoms with Crippen molar-refractivity contribution in [2.45, 2.75) is 49.7 Å². The van der Waals surface area contributed by atoms with Gasteiger partial charge >= 0.3 is 19.1 Å². The molecule has 2 aromatic rings. The number of hydrogen-bond acceptors (Lipinski definition) is 17. The SMILES string of the molecule is Nc1ccn([C@H]2CC(O[PH](O)=S)[C@@H](COP(O)(=S)O[C@@H]3C[C@H](N4CNc5c(N)ncnc54)O[C@@H]3COP(O)(O)=S)O2)c(=O)n1. The second-order valence-electron chi connectivity index (χ2n) is 9.65. The van der Waals surface area contributed by atoms with Crippen molar-refractivity contribution in [1.82, 2.24) is 19.5 Å². The summed E-state index contributed by atoms with van der Waals surface area (Å²) < 4.78 is 35.1. The first-order chi connectivity index (χ1) is 20.7. The summed E-state index contributed by atoms with van der Waals surface area (Å²) in [4.78, 5) is 65.9. The lowest BCUT2D eigenvalue weighted by Gasteiger charge is -2.25. The van der Waals surface area contributed by atoms with Crippen molar-refractivity contribution in [3.05, 3.63) is 29.1 Å². The van der Waals surface area contributed by atoms with Crippen molar-refractivity contribution in [3.63, 3.8) is 0 Å². The quantitative estimate of drug-likeness (QED) is 0.132. The summed E-state index contributed by atoms with van der Waals surface area (Å²) in [6.07, 6.45) is -2.28. The fraction of sp³-hybridized carbons (Fsp3) is 0.579. The number of nitrogens with zero attached hydrogens (tertiary/aromatic N) is 5. The third-order valence-corrected chi connectivity index (χ3v) is 9.94. The molecule has 244 valence electrons. The van der Waals surface area contributed by atoms with Gasteiger partial charge in [-0.05, 0) is 41.5 Å². The molecule has 5 heterocycles. The van der Waals surface area contributed by atoms with Gasteiger partial charge in [-0.1, -0.05) is 0 Å². The highest BCUT2D eigenvalue weighted by atomic mass is 32.5. The van der Waals surface area contributed by atoms with Gasteiger partial charge in [-0.3, -0.25) is 4.57 Å². The van der Waals surface area contributed by atoms with Crippen molar-refractivity contribution >= 4 is 79.1 Å². The van der Waals surface area contributed by atoms with E-state index in [9.17, 15) is 24.4 Å². The van der Waals surface area contributed by atoms with Gasteiger partial charge in [0.05, 0.1) is 32.1 Å². The lowest BCUT2D eigenvalue weighted by atomic mass is 10.2. The minimum absolute atomic E-state index is 0.0316. The lowest BCUT2D eigenvalue weighted by Crippen LogP contribution is -2.36. The number of fused-ring (bicyclic) bond motifs is 1. The van der Waals surface area contributed by atoms with Gasteiger partial charge in [0.1, 0.15) is 42.5 Å². The average molecular weight is 735 g/mol. The van der Waals surface area contributed by atoms with Gasteiger partial charge in [-0.2, -0.15) is 4.98 Å². The van der Waals surface area contributed by atoms with Crippen molar-refractivity contribution in [3.8, 4) is 0 Å². The molecule has 0 bridgehead atoms. The van der Waals surface area contributed by atoms with E-state index in [1.54, 1.807) is 4.90 Å². The maximum Gasteiger partial charge on any atom is 0.351 e. The Hall–Kier alpha value is -1.29. The maximum absolute atomic E-state index is 12.3. The molecule has 2 aromatic heterocycles. The summed E-state index contributed by atoms with van der Waals surface area (Å²) in [5.41, 5.74) is 11.3. The monoisotopic (exact) mass is 734 g/mol. The number of nitrogen functional groups attached to an aromatic ring is 2. The summed E-state index contributed by atoms with van der Waals surface area (Å²) in [6.45, 7) is -8.58. The molecule has 0 aliphatic carbocycles. The maximum atomic E-state index is 12.3. The van der Waals surface area contributed by atoms with Crippen LogP contribution >= 0.6 is 20.6 Å². The van der Waals surface area contributed by atoms with Crippen molar-refractivity contribution in [1.29, 1.82) is 0 Å². The molecule has 3 aliphatic heterocycles. The first-order valence-electron chi connectivity index (χ1n) is 12.7. The Bertz CT molecular complexity index is 1560. The van der Waals surface area contributed by atoms with E-state index in [0.29, 0.717) is 11.5 Å². The van der Waals surface area contributed by atoms with Gasteiger partial charge in [-0.25, -0.2) is 14.8 Å². The molecular weight excluding hydrogens is 705 g/mol. The van der Waals surface area contributed by atoms with E-state index in [-0.39, 0.29) is 37.8 Å². The zero-order valence-corrected chi connectivity index (χ0v) is 27.6. The summed E-state index contributed by atoms with van der Waals surface area (Å²) >= 11 is 14.7. The molecule has 0 amide bonds. The molecule has 3 unspecified atom stereocenters. The number of ether oxygens (including phenoxy) is 2. The first-order valence-corrected chi connectivity index (χ1v) is 20.4. The Morgan fingerprint density at radius 2 is 1.77 bits per heavy atom. The van der Waals surface area contributed by atoms with Crippen LogP contribution in [0.1, 0.15) is 19.1 Å². The predicted octanol–water partition coefficient (Wildman–Crippen LogP) is -0.782. The zero-order valence-electron chi connectivity index (χ0n) is 22.4. The van der Waals surface area contributed by atoms with Crippen LogP contribution in [0.4, 0.5) is 23.1 Å². The largest absolute Gasteiger partial charge is 0.383 e. The number of nitrogens with two attached hydrogens (primary N) is 2. The van der Waals surface area contributed by atoms with E-state index in [2.05, 4.69) is 32.1 Å². The summed E-state index contributed by atoms with van der Waals surface area (Å²) in [6, 6.07) is 1.42. The molecule has 0 spiro atoms. The van der Waals surface area contributed by atoms with E-state index in [1.807, 2.05) is 0 Å². The molecule has 5 rings (SSSR count). The van der Waals surface area contributed by atoms with Crippen LogP contribution in [-0.4, -0.2) is 89.6 Å². The summed E-state index contributed by atoms with van der Waals surface area (Å²) in [5, 5.41) is 3.08. The van der Waals surface area contributed by atoms with Crippen molar-refractivity contribution in [2.24, 2.45) is 0 Å². The van der Waals surface area contributed by atoms with E-state index in [4.69, 9.17) is 62.6 Å². The Morgan fingerprint density at radius 3 is 2.48 bits per heavy atom. The van der Waals surface area contributed by atoms with E-state index >= 15 is 0 Å². The van der Waals surface area contributed by atoms with Crippen molar-refractivity contribution in [2.75, 3.05) is 41.6 Å². The summed E-state index contributed by atoms with van der Waals surface area (Å²) in [7, 11) is -2.60. The van der Waals surface area contributed by atoms with Crippen LogP contribution < -0.4 is 27.4 Å². The Morgan fingerprint density at radius 1 is 1.09 bits per heavy atom. The molecular formula is C19H29N8O11P3S3. The highest BCUT2D eigenvalue weighted by molar-refractivity contribution is 8.07. The van der Waals surface area contributed by atoms with Crippen molar-refractivity contribution < 1.29 is 47.1 Å². The molecule has 19 nitrogen and oxygen atoms in total. The molecule has 0 aromatic carbocycles. The molecule has 2 fully saturated rings. The molecule has 3 aliphatic rings. The van der Waals surface area contributed by atoms with E-state index < -0.39 is 69.8 Å². The normalized spacial score (nSPS) is 28.9. The zero-order chi connectivity index (χ0) is 31.8. The number of hydrogen-bond donors (Lipinski definition) is 7. The highest BCUT2D eigenvalue weighted by Crippen LogP contribution is 2.50. The Kier molecular flexibility index (Phi) is 10.7. The molecule has 0 saturated carbocycles. The molecule has 2 saturated heterocycles. The Balaban J connectivity index is 1.27. The third kappa shape index (κ3) is 8.34. The average Bonchev–Trinajstić information content (AvgIpc) is 3.63. The fourth-order valence-electron chi connectivity index (χ4n) is 4.87. The van der Waals surface area contributed by atoms with Gasteiger partial charge in [-0.15, -0.1) is 0 Å². The summed E-state index contributed by atoms with van der Waals surface area (Å²) in [5.74, 6) is 0.743. The molecule has 0 radical (unpaired) electrons. The van der Waals surface area contributed by atoms with Crippen LogP contribution in [0.15, 0.2) is 23.4 Å². The highest BCUT2D eigenvalue weighted by Gasteiger charge is 2.45. The van der Waals surface area contributed by atoms with Crippen LogP contribution in [0.3, 0.4) is 0 Å². The van der Waals surface area contributed by atoms with Crippen LogP contribution in [0, 0.1) is 0 Å². The van der Waals surface area contributed by atoms with Gasteiger partial charge in [0, 0.05) is 19.0 Å². The van der Waals surface area contributed by atoms with Gasteiger partial charge in [0.15, 0.2) is 18.8 Å². The minimum atomic E-state index is -4.05. The van der Waals surface area contributed by atoms with E-state index in [1.165, 1.54) is 23.2 Å². The topological polar surface area (TPSA) is 264 Å². The second kappa shape index (κ2) is 13.8. The van der Waals surface area contributed by atoms with Gasteiger partial charge < -0.3 is 68.8 Å². The molecule has 44 heavy (non-hydrogen) atoms. The minimum Gasteiger partial charge on any atom is -0.383 e.